The normalized spacial score (nSPS) is 19.8. The van der Waals surface area contributed by atoms with Crippen molar-refractivity contribution in [2.24, 2.45) is 0 Å². The Labute approximate surface area is 108 Å². The Bertz CT molecular complexity index is 450. The van der Waals surface area contributed by atoms with E-state index in [1.807, 2.05) is 6.92 Å². The van der Waals surface area contributed by atoms with Gasteiger partial charge in [-0.25, -0.2) is 18.1 Å². The van der Waals surface area contributed by atoms with Crippen LogP contribution < -0.4 is 4.72 Å². The van der Waals surface area contributed by atoms with E-state index in [2.05, 4.69) is 14.7 Å². The molecule has 0 amide bonds. The maximum atomic E-state index is 12.3. The molecule has 6 heteroatoms. The number of rotatable bonds is 5. The lowest BCUT2D eigenvalue weighted by Gasteiger charge is -2.24. The molecule has 1 aliphatic carbocycles. The molecule has 1 heterocycles. The molecule has 1 aliphatic rings. The average molecular weight is 271 g/mol. The largest absolute Gasteiger partial charge is 0.347 e. The molecule has 18 heavy (non-hydrogen) atoms. The van der Waals surface area contributed by atoms with E-state index in [1.165, 1.54) is 0 Å². The van der Waals surface area contributed by atoms with Crippen LogP contribution in [0.2, 0.25) is 0 Å². The van der Waals surface area contributed by atoms with Crippen LogP contribution >= 0.6 is 0 Å². The van der Waals surface area contributed by atoms with Crippen LogP contribution in [-0.4, -0.2) is 23.6 Å². The van der Waals surface area contributed by atoms with Gasteiger partial charge in [-0.15, -0.1) is 0 Å². The van der Waals surface area contributed by atoms with Crippen molar-refractivity contribution < 1.29 is 8.42 Å². The second-order valence-corrected chi connectivity index (χ2v) is 6.85. The van der Waals surface area contributed by atoms with E-state index in [0.717, 1.165) is 32.1 Å². The van der Waals surface area contributed by atoms with Crippen LogP contribution in [0.15, 0.2) is 12.4 Å². The molecular formula is C12H21N3O2S. The van der Waals surface area contributed by atoms with E-state index >= 15 is 0 Å². The van der Waals surface area contributed by atoms with Gasteiger partial charge in [-0.2, -0.15) is 0 Å². The molecule has 1 aromatic rings. The van der Waals surface area contributed by atoms with Gasteiger partial charge in [0.1, 0.15) is 5.82 Å². The van der Waals surface area contributed by atoms with Crippen molar-refractivity contribution >= 4 is 10.0 Å². The molecular weight excluding hydrogens is 250 g/mol. The van der Waals surface area contributed by atoms with Crippen LogP contribution in [0.3, 0.4) is 0 Å². The number of aromatic amines is 1. The fourth-order valence-electron chi connectivity index (χ4n) is 2.47. The van der Waals surface area contributed by atoms with Gasteiger partial charge in [-0.3, -0.25) is 0 Å². The van der Waals surface area contributed by atoms with Crippen LogP contribution in [0, 0.1) is 0 Å². The summed E-state index contributed by atoms with van der Waals surface area (Å²) in [4.78, 5) is 7.11. The zero-order chi connectivity index (χ0) is 13.0. The summed E-state index contributed by atoms with van der Waals surface area (Å²) >= 11 is 0. The predicted molar refractivity (Wildman–Crippen MR) is 70.5 cm³/mol. The Morgan fingerprint density at radius 3 is 2.72 bits per heavy atom. The van der Waals surface area contributed by atoms with Gasteiger partial charge in [0.2, 0.25) is 10.0 Å². The summed E-state index contributed by atoms with van der Waals surface area (Å²) in [6.07, 6.45) is 8.81. The molecule has 0 radical (unpaired) electrons. The molecule has 0 saturated heterocycles. The molecule has 102 valence electrons. The van der Waals surface area contributed by atoms with Crippen LogP contribution in [0.4, 0.5) is 0 Å². The Morgan fingerprint density at radius 1 is 1.44 bits per heavy atom. The number of imidazole rings is 1. The fourth-order valence-corrected chi connectivity index (χ4v) is 4.29. The van der Waals surface area contributed by atoms with Gasteiger partial charge in [0.15, 0.2) is 0 Å². The molecule has 1 unspecified atom stereocenters. The Morgan fingerprint density at radius 2 is 2.17 bits per heavy atom. The molecule has 0 bridgehead atoms. The van der Waals surface area contributed by atoms with E-state index in [-0.39, 0.29) is 11.3 Å². The highest BCUT2D eigenvalue weighted by molar-refractivity contribution is 7.90. The highest BCUT2D eigenvalue weighted by Crippen LogP contribution is 2.25. The minimum Gasteiger partial charge on any atom is -0.347 e. The lowest BCUT2D eigenvalue weighted by molar-refractivity contribution is 0.466. The quantitative estimate of drug-likeness (QED) is 0.861. The van der Waals surface area contributed by atoms with Gasteiger partial charge in [0.25, 0.3) is 0 Å². The van der Waals surface area contributed by atoms with Gasteiger partial charge < -0.3 is 4.98 Å². The van der Waals surface area contributed by atoms with E-state index in [1.54, 1.807) is 12.4 Å². The van der Waals surface area contributed by atoms with Gasteiger partial charge in [-0.05, 0) is 19.3 Å². The van der Waals surface area contributed by atoms with E-state index in [0.29, 0.717) is 12.2 Å². The maximum Gasteiger partial charge on any atom is 0.215 e. The van der Waals surface area contributed by atoms with Crippen molar-refractivity contribution in [2.45, 2.75) is 56.7 Å². The minimum absolute atomic E-state index is 0.227. The number of hydrogen-bond acceptors (Lipinski definition) is 3. The number of nitrogens with zero attached hydrogens (tertiary/aromatic N) is 1. The van der Waals surface area contributed by atoms with Crippen molar-refractivity contribution in [2.75, 3.05) is 0 Å². The number of aromatic nitrogens is 2. The third-order valence-corrected chi connectivity index (χ3v) is 5.52. The molecule has 1 saturated carbocycles. The van der Waals surface area contributed by atoms with Crippen LogP contribution in [0.25, 0.3) is 0 Å². The van der Waals surface area contributed by atoms with Crippen LogP contribution in [0.1, 0.15) is 57.3 Å². The number of sulfonamides is 1. The summed E-state index contributed by atoms with van der Waals surface area (Å²) in [5.41, 5.74) is 0. The van der Waals surface area contributed by atoms with Gasteiger partial charge >= 0.3 is 0 Å². The zero-order valence-electron chi connectivity index (χ0n) is 10.7. The highest BCUT2D eigenvalue weighted by Gasteiger charge is 2.29. The molecule has 5 nitrogen and oxygen atoms in total. The summed E-state index contributed by atoms with van der Waals surface area (Å²) in [5, 5.41) is -0.227. The first-order valence-electron chi connectivity index (χ1n) is 6.64. The maximum absolute atomic E-state index is 12.3. The summed E-state index contributed by atoms with van der Waals surface area (Å²) in [7, 11) is -3.23. The predicted octanol–water partition coefficient (Wildman–Crippen LogP) is 2.11. The van der Waals surface area contributed by atoms with E-state index < -0.39 is 10.0 Å². The first-order chi connectivity index (χ1) is 8.63. The lowest BCUT2D eigenvalue weighted by atomic mass is 10.0. The molecule has 0 spiro atoms. The third kappa shape index (κ3) is 3.11. The molecule has 1 aromatic heterocycles. The van der Waals surface area contributed by atoms with Crippen molar-refractivity contribution in [1.82, 2.24) is 14.7 Å². The van der Waals surface area contributed by atoms with Crippen molar-refractivity contribution in [1.29, 1.82) is 0 Å². The number of nitrogens with one attached hydrogen (secondary N) is 2. The highest BCUT2D eigenvalue weighted by atomic mass is 32.2. The summed E-state index contributed by atoms with van der Waals surface area (Å²) in [6.45, 7) is 1.95. The molecule has 1 fully saturated rings. The van der Waals surface area contributed by atoms with Crippen molar-refractivity contribution in [3.8, 4) is 0 Å². The Kier molecular flexibility index (Phi) is 4.40. The monoisotopic (exact) mass is 271 g/mol. The minimum atomic E-state index is -3.23. The fraction of sp³-hybridized carbons (Fsp3) is 0.750. The summed E-state index contributed by atoms with van der Waals surface area (Å²) < 4.78 is 27.4. The standard InChI is InChI=1S/C12H21N3O2S/c1-2-11(12-13-8-9-14-12)15-18(16,17)10-6-4-3-5-7-10/h8-11,15H,2-7H2,1H3,(H,13,14). The van der Waals surface area contributed by atoms with Gasteiger partial charge in [0.05, 0.1) is 11.3 Å². The molecule has 2 rings (SSSR count). The molecule has 0 aromatic carbocycles. The second-order valence-electron chi connectivity index (χ2n) is 4.86. The zero-order valence-corrected chi connectivity index (χ0v) is 11.5. The van der Waals surface area contributed by atoms with Gasteiger partial charge in [-0.1, -0.05) is 26.2 Å². The van der Waals surface area contributed by atoms with Crippen LogP contribution in [-0.2, 0) is 10.0 Å². The Hall–Kier alpha value is -0.880. The second kappa shape index (κ2) is 5.84. The summed E-state index contributed by atoms with van der Waals surface area (Å²) in [6, 6.07) is -0.244. The smallest absolute Gasteiger partial charge is 0.215 e. The number of hydrogen-bond donors (Lipinski definition) is 2. The first kappa shape index (κ1) is 13.5. The molecule has 2 N–H and O–H groups in total. The Balaban J connectivity index is 2.06. The lowest BCUT2D eigenvalue weighted by Crippen LogP contribution is -2.38. The van der Waals surface area contributed by atoms with Crippen molar-refractivity contribution in [3.05, 3.63) is 18.2 Å². The topological polar surface area (TPSA) is 74.8 Å². The molecule has 1 atom stereocenters. The first-order valence-corrected chi connectivity index (χ1v) is 8.18. The van der Waals surface area contributed by atoms with E-state index in [4.69, 9.17) is 0 Å². The average Bonchev–Trinajstić information content (AvgIpc) is 2.91. The molecule has 0 aliphatic heterocycles. The van der Waals surface area contributed by atoms with Crippen LogP contribution in [0.5, 0.6) is 0 Å². The van der Waals surface area contributed by atoms with Crippen molar-refractivity contribution in [3.63, 3.8) is 0 Å². The third-order valence-electron chi connectivity index (χ3n) is 3.56. The van der Waals surface area contributed by atoms with E-state index in [9.17, 15) is 8.42 Å². The summed E-state index contributed by atoms with van der Waals surface area (Å²) in [5.74, 6) is 0.692. The van der Waals surface area contributed by atoms with Gasteiger partial charge in [0, 0.05) is 12.4 Å². The SMILES string of the molecule is CCC(NS(=O)(=O)C1CCCCC1)c1ncc[nH]1. The number of H-pyrrole nitrogens is 1.